The summed E-state index contributed by atoms with van der Waals surface area (Å²) >= 11 is 0. The van der Waals surface area contributed by atoms with E-state index in [-0.39, 0.29) is 11.3 Å². The van der Waals surface area contributed by atoms with Gasteiger partial charge in [-0.2, -0.15) is 0 Å². The summed E-state index contributed by atoms with van der Waals surface area (Å²) in [5, 5.41) is 23.8. The topological polar surface area (TPSA) is 92.5 Å². The lowest BCUT2D eigenvalue weighted by atomic mass is 10.1. The van der Waals surface area contributed by atoms with Gasteiger partial charge in [-0.05, 0) is 17.2 Å². The third-order valence-electron chi connectivity index (χ3n) is 3.84. The second-order valence-corrected chi connectivity index (χ2v) is 5.20. The van der Waals surface area contributed by atoms with E-state index >= 15 is 0 Å². The van der Waals surface area contributed by atoms with Gasteiger partial charge in [0.05, 0.1) is 17.1 Å². The maximum Gasteiger partial charge on any atom is 0.282 e. The Morgan fingerprint density at radius 1 is 1.18 bits per heavy atom. The molecule has 0 aliphatic heterocycles. The van der Waals surface area contributed by atoms with Crippen molar-refractivity contribution in [1.29, 1.82) is 0 Å². The number of aliphatic hydroxyl groups is 1. The molecule has 112 valence electrons. The molecule has 2 aromatic carbocycles. The number of benzene rings is 2. The molecule has 1 aliphatic rings. The van der Waals surface area contributed by atoms with Crippen molar-refractivity contribution < 1.29 is 14.8 Å². The molecule has 0 aromatic heterocycles. The minimum absolute atomic E-state index is 0.0101. The van der Waals surface area contributed by atoms with E-state index in [0.29, 0.717) is 6.42 Å². The normalized spacial score (nSPS) is 19.5. The number of nitro benzene ring substituents is 1. The van der Waals surface area contributed by atoms with Gasteiger partial charge in [0.25, 0.3) is 11.6 Å². The van der Waals surface area contributed by atoms with Crippen LogP contribution in [0, 0.1) is 10.1 Å². The summed E-state index contributed by atoms with van der Waals surface area (Å²) in [6.07, 6.45) is -0.276. The summed E-state index contributed by atoms with van der Waals surface area (Å²) < 4.78 is 0. The number of nitrogens with zero attached hydrogens (tertiary/aromatic N) is 1. The standard InChI is InChI=1S/C16H14N2O4/c19-14-9-10-5-1-2-6-11(10)15(14)17-16(20)12-7-3-4-8-13(12)18(21)22/h1-8,14-15,19H,9H2,(H,17,20)/t14-,15+/m0/s1. The van der Waals surface area contributed by atoms with Crippen LogP contribution < -0.4 is 5.32 Å². The van der Waals surface area contributed by atoms with E-state index in [9.17, 15) is 20.0 Å². The number of amides is 1. The number of hydrogen-bond donors (Lipinski definition) is 2. The number of hydrogen-bond acceptors (Lipinski definition) is 4. The SMILES string of the molecule is O=C(N[C@@H]1c2ccccc2C[C@@H]1O)c1ccccc1[N+](=O)[O-]. The highest BCUT2D eigenvalue weighted by atomic mass is 16.6. The van der Waals surface area contributed by atoms with E-state index in [1.165, 1.54) is 18.2 Å². The lowest BCUT2D eigenvalue weighted by Crippen LogP contribution is -2.34. The monoisotopic (exact) mass is 298 g/mol. The Hall–Kier alpha value is -2.73. The van der Waals surface area contributed by atoms with Gasteiger partial charge in [0.2, 0.25) is 0 Å². The molecule has 0 spiro atoms. The molecule has 0 unspecified atom stereocenters. The summed E-state index contributed by atoms with van der Waals surface area (Å²) in [5.74, 6) is -0.562. The molecule has 0 saturated heterocycles. The maximum atomic E-state index is 12.4. The third-order valence-corrected chi connectivity index (χ3v) is 3.84. The van der Waals surface area contributed by atoms with Gasteiger partial charge in [0.1, 0.15) is 5.56 Å². The smallest absolute Gasteiger partial charge is 0.282 e. The molecule has 6 nitrogen and oxygen atoms in total. The van der Waals surface area contributed by atoms with Crippen molar-refractivity contribution in [1.82, 2.24) is 5.32 Å². The molecule has 0 fully saturated rings. The maximum absolute atomic E-state index is 12.4. The van der Waals surface area contributed by atoms with Crippen molar-refractivity contribution in [2.75, 3.05) is 0 Å². The molecule has 0 radical (unpaired) electrons. The van der Waals surface area contributed by atoms with Crippen LogP contribution in [0.15, 0.2) is 48.5 Å². The van der Waals surface area contributed by atoms with Gasteiger partial charge < -0.3 is 10.4 Å². The van der Waals surface area contributed by atoms with Crippen molar-refractivity contribution >= 4 is 11.6 Å². The number of nitro groups is 1. The van der Waals surface area contributed by atoms with Crippen molar-refractivity contribution in [3.63, 3.8) is 0 Å². The minimum atomic E-state index is -0.732. The van der Waals surface area contributed by atoms with Crippen molar-refractivity contribution in [2.24, 2.45) is 0 Å². The number of aliphatic hydroxyl groups excluding tert-OH is 1. The quantitative estimate of drug-likeness (QED) is 0.669. The molecule has 3 rings (SSSR count). The molecule has 0 heterocycles. The largest absolute Gasteiger partial charge is 0.390 e. The predicted molar refractivity (Wildman–Crippen MR) is 79.5 cm³/mol. The molecule has 2 atom stereocenters. The van der Waals surface area contributed by atoms with E-state index in [1.807, 2.05) is 24.3 Å². The molecule has 0 bridgehead atoms. The molecule has 2 N–H and O–H groups in total. The van der Waals surface area contributed by atoms with Crippen LogP contribution in [0.5, 0.6) is 0 Å². The van der Waals surface area contributed by atoms with Crippen LogP contribution in [-0.4, -0.2) is 22.0 Å². The summed E-state index contributed by atoms with van der Waals surface area (Å²) in [7, 11) is 0. The average Bonchev–Trinajstić information content (AvgIpc) is 2.83. The molecular weight excluding hydrogens is 284 g/mol. The molecule has 0 saturated carbocycles. The molecule has 1 amide bonds. The zero-order chi connectivity index (χ0) is 15.7. The van der Waals surface area contributed by atoms with Crippen LogP contribution >= 0.6 is 0 Å². The number of fused-ring (bicyclic) bond motifs is 1. The molecular formula is C16H14N2O4. The Morgan fingerprint density at radius 2 is 1.86 bits per heavy atom. The average molecular weight is 298 g/mol. The van der Waals surface area contributed by atoms with E-state index in [0.717, 1.165) is 11.1 Å². The summed E-state index contributed by atoms with van der Waals surface area (Å²) in [4.78, 5) is 22.8. The number of nitrogens with one attached hydrogen (secondary N) is 1. The van der Waals surface area contributed by atoms with Crippen LogP contribution in [0.25, 0.3) is 0 Å². The number of rotatable bonds is 3. The zero-order valence-corrected chi connectivity index (χ0v) is 11.6. The fraction of sp³-hybridized carbons (Fsp3) is 0.188. The molecule has 2 aromatic rings. The van der Waals surface area contributed by atoms with E-state index in [1.54, 1.807) is 6.07 Å². The van der Waals surface area contributed by atoms with E-state index < -0.39 is 23.0 Å². The third kappa shape index (κ3) is 2.44. The Kier molecular flexibility index (Phi) is 3.60. The lowest BCUT2D eigenvalue weighted by molar-refractivity contribution is -0.385. The highest BCUT2D eigenvalue weighted by Gasteiger charge is 2.33. The second-order valence-electron chi connectivity index (χ2n) is 5.20. The van der Waals surface area contributed by atoms with Crippen LogP contribution in [0.3, 0.4) is 0 Å². The van der Waals surface area contributed by atoms with Crippen LogP contribution in [-0.2, 0) is 6.42 Å². The van der Waals surface area contributed by atoms with Gasteiger partial charge in [-0.15, -0.1) is 0 Å². The number of carbonyl (C=O) groups excluding carboxylic acids is 1. The van der Waals surface area contributed by atoms with Crippen LogP contribution in [0.1, 0.15) is 27.5 Å². The first-order valence-corrected chi connectivity index (χ1v) is 6.88. The Bertz CT molecular complexity index is 744. The summed E-state index contributed by atoms with van der Waals surface area (Å²) in [6, 6.07) is 12.7. The minimum Gasteiger partial charge on any atom is -0.390 e. The predicted octanol–water partition coefficient (Wildman–Crippen LogP) is 1.98. The highest BCUT2D eigenvalue weighted by Crippen LogP contribution is 2.31. The highest BCUT2D eigenvalue weighted by molar-refractivity contribution is 5.98. The molecule has 22 heavy (non-hydrogen) atoms. The fourth-order valence-electron chi connectivity index (χ4n) is 2.79. The Morgan fingerprint density at radius 3 is 2.64 bits per heavy atom. The number of carbonyl (C=O) groups is 1. The first-order valence-electron chi connectivity index (χ1n) is 6.88. The van der Waals surface area contributed by atoms with Crippen molar-refractivity contribution in [2.45, 2.75) is 18.6 Å². The molecule has 6 heteroatoms. The van der Waals surface area contributed by atoms with Gasteiger partial charge in [-0.1, -0.05) is 36.4 Å². The Balaban J connectivity index is 1.88. The first-order chi connectivity index (χ1) is 10.6. The van der Waals surface area contributed by atoms with Crippen LogP contribution in [0.4, 0.5) is 5.69 Å². The lowest BCUT2D eigenvalue weighted by Gasteiger charge is -2.18. The van der Waals surface area contributed by atoms with Gasteiger partial charge in [0.15, 0.2) is 0 Å². The van der Waals surface area contributed by atoms with Gasteiger partial charge in [-0.3, -0.25) is 14.9 Å². The van der Waals surface area contributed by atoms with Gasteiger partial charge >= 0.3 is 0 Å². The number of para-hydroxylation sites is 1. The van der Waals surface area contributed by atoms with Crippen LogP contribution in [0.2, 0.25) is 0 Å². The van der Waals surface area contributed by atoms with E-state index in [4.69, 9.17) is 0 Å². The van der Waals surface area contributed by atoms with Crippen molar-refractivity contribution in [3.05, 3.63) is 75.3 Å². The first kappa shape index (κ1) is 14.2. The van der Waals surface area contributed by atoms with Gasteiger partial charge in [-0.25, -0.2) is 0 Å². The summed E-state index contributed by atoms with van der Waals surface area (Å²) in [6.45, 7) is 0. The van der Waals surface area contributed by atoms with E-state index in [2.05, 4.69) is 5.32 Å². The Labute approximate surface area is 126 Å². The van der Waals surface area contributed by atoms with Gasteiger partial charge in [0, 0.05) is 12.5 Å². The molecule has 1 aliphatic carbocycles. The summed E-state index contributed by atoms with van der Waals surface area (Å²) in [5.41, 5.74) is 1.56. The second kappa shape index (κ2) is 5.57. The fourth-order valence-corrected chi connectivity index (χ4v) is 2.79. The van der Waals surface area contributed by atoms with Crippen molar-refractivity contribution in [3.8, 4) is 0 Å². The zero-order valence-electron chi connectivity index (χ0n) is 11.6.